The molecule has 0 saturated carbocycles. The second-order valence-corrected chi connectivity index (χ2v) is 8.65. The summed E-state index contributed by atoms with van der Waals surface area (Å²) in [6, 6.07) is 10.5. The van der Waals surface area contributed by atoms with Gasteiger partial charge in [-0.15, -0.1) is 0 Å². The molecule has 1 aromatic carbocycles. The van der Waals surface area contributed by atoms with E-state index in [2.05, 4.69) is 62.8 Å². The molecule has 3 rings (SSSR count). The lowest BCUT2D eigenvalue weighted by molar-refractivity contribution is 0.176. The Labute approximate surface area is 166 Å². The van der Waals surface area contributed by atoms with Gasteiger partial charge in [0.15, 0.2) is 0 Å². The molecule has 142 valence electrons. The van der Waals surface area contributed by atoms with Crippen LogP contribution in [-0.4, -0.2) is 15.1 Å². The maximum absolute atomic E-state index is 11.0. The molecule has 2 N–H and O–H groups in total. The molecule has 0 aliphatic rings. The van der Waals surface area contributed by atoms with E-state index >= 15 is 0 Å². The van der Waals surface area contributed by atoms with Crippen LogP contribution in [0.15, 0.2) is 52.6 Å². The van der Waals surface area contributed by atoms with Crippen LogP contribution in [0, 0.1) is 20.8 Å². The fraction of sp³-hybridized carbons (Fsp3) is 0.348. The molecule has 0 bridgehead atoms. The Balaban J connectivity index is 1.95. The SMILES string of the molecule is Cc1cc(C)cc(Sc2[nH]c(C)c(C(O)Cc3ccncc3)c2C(C)C)c1. The molecular weight excluding hydrogens is 352 g/mol. The topological polar surface area (TPSA) is 48.9 Å². The van der Waals surface area contributed by atoms with E-state index in [1.54, 1.807) is 24.2 Å². The maximum atomic E-state index is 11.0. The highest BCUT2D eigenvalue weighted by molar-refractivity contribution is 7.99. The van der Waals surface area contributed by atoms with E-state index in [1.165, 1.54) is 21.6 Å². The Bertz CT molecular complexity index is 895. The van der Waals surface area contributed by atoms with E-state index in [-0.39, 0.29) is 0 Å². The van der Waals surface area contributed by atoms with E-state index in [0.717, 1.165) is 21.8 Å². The number of pyridine rings is 1. The number of nitrogens with zero attached hydrogens (tertiary/aromatic N) is 1. The van der Waals surface area contributed by atoms with Crippen molar-refractivity contribution in [2.24, 2.45) is 0 Å². The Hall–Kier alpha value is -2.04. The van der Waals surface area contributed by atoms with Gasteiger partial charge in [-0.3, -0.25) is 4.98 Å². The first kappa shape index (κ1) is 19.7. The predicted molar refractivity (Wildman–Crippen MR) is 113 cm³/mol. The Morgan fingerprint density at radius 2 is 1.63 bits per heavy atom. The van der Waals surface area contributed by atoms with Gasteiger partial charge in [0.2, 0.25) is 0 Å². The summed E-state index contributed by atoms with van der Waals surface area (Å²) in [6.45, 7) is 10.7. The molecule has 0 aliphatic heterocycles. The quantitative estimate of drug-likeness (QED) is 0.561. The third-order valence-electron chi connectivity index (χ3n) is 4.74. The van der Waals surface area contributed by atoms with E-state index in [9.17, 15) is 5.11 Å². The fourth-order valence-corrected chi connectivity index (χ4v) is 5.05. The van der Waals surface area contributed by atoms with Crippen LogP contribution >= 0.6 is 11.8 Å². The number of hydrogen-bond acceptors (Lipinski definition) is 3. The molecule has 1 unspecified atom stereocenters. The molecule has 2 heterocycles. The summed E-state index contributed by atoms with van der Waals surface area (Å²) < 4.78 is 0. The van der Waals surface area contributed by atoms with Crippen LogP contribution in [0.25, 0.3) is 0 Å². The number of benzene rings is 1. The molecule has 2 aromatic heterocycles. The zero-order chi connectivity index (χ0) is 19.6. The number of hydrogen-bond donors (Lipinski definition) is 2. The van der Waals surface area contributed by atoms with Gasteiger partial charge in [-0.2, -0.15) is 0 Å². The zero-order valence-corrected chi connectivity index (χ0v) is 17.5. The number of H-pyrrole nitrogens is 1. The van der Waals surface area contributed by atoms with Gasteiger partial charge in [-0.1, -0.05) is 31.7 Å². The first-order valence-electron chi connectivity index (χ1n) is 9.40. The Morgan fingerprint density at radius 3 is 2.22 bits per heavy atom. The highest BCUT2D eigenvalue weighted by Crippen LogP contribution is 2.40. The molecule has 3 nitrogen and oxygen atoms in total. The van der Waals surface area contributed by atoms with Crippen molar-refractivity contribution in [2.45, 2.75) is 63.0 Å². The average molecular weight is 381 g/mol. The van der Waals surface area contributed by atoms with Crippen molar-refractivity contribution in [3.05, 3.63) is 76.2 Å². The van der Waals surface area contributed by atoms with Crippen LogP contribution < -0.4 is 0 Å². The van der Waals surface area contributed by atoms with Crippen LogP contribution in [0.3, 0.4) is 0 Å². The summed E-state index contributed by atoms with van der Waals surface area (Å²) in [5.41, 5.74) is 6.94. The second-order valence-electron chi connectivity index (χ2n) is 7.56. The minimum absolute atomic E-state index is 0.324. The van der Waals surface area contributed by atoms with Crippen LogP contribution in [0.1, 0.15) is 59.4 Å². The largest absolute Gasteiger partial charge is 0.388 e. The lowest BCUT2D eigenvalue weighted by Gasteiger charge is -2.16. The Kier molecular flexibility index (Phi) is 6.08. The fourth-order valence-electron chi connectivity index (χ4n) is 3.67. The van der Waals surface area contributed by atoms with Crippen molar-refractivity contribution in [2.75, 3.05) is 0 Å². The van der Waals surface area contributed by atoms with Gasteiger partial charge in [0.05, 0.1) is 11.1 Å². The Morgan fingerprint density at radius 1 is 1.00 bits per heavy atom. The number of rotatable bonds is 6. The van der Waals surface area contributed by atoms with Crippen LogP contribution in [0.5, 0.6) is 0 Å². The maximum Gasteiger partial charge on any atom is 0.0850 e. The molecule has 0 radical (unpaired) electrons. The summed E-state index contributed by atoms with van der Waals surface area (Å²) in [5.74, 6) is 0.324. The molecule has 0 saturated heterocycles. The third-order valence-corrected chi connectivity index (χ3v) is 5.74. The lowest BCUT2D eigenvalue weighted by Crippen LogP contribution is -2.06. The van der Waals surface area contributed by atoms with Gasteiger partial charge in [-0.05, 0) is 73.2 Å². The first-order chi connectivity index (χ1) is 12.8. The summed E-state index contributed by atoms with van der Waals surface area (Å²) >= 11 is 1.75. The molecule has 27 heavy (non-hydrogen) atoms. The molecular formula is C23H28N2OS. The van der Waals surface area contributed by atoms with E-state index in [1.807, 2.05) is 12.1 Å². The first-order valence-corrected chi connectivity index (χ1v) is 10.2. The number of aliphatic hydroxyl groups excluding tert-OH is 1. The van der Waals surface area contributed by atoms with Crippen LogP contribution in [0.4, 0.5) is 0 Å². The van der Waals surface area contributed by atoms with Crippen molar-refractivity contribution in [3.8, 4) is 0 Å². The molecule has 0 spiro atoms. The van der Waals surface area contributed by atoms with Gasteiger partial charge in [0.25, 0.3) is 0 Å². The van der Waals surface area contributed by atoms with Gasteiger partial charge in [0, 0.05) is 35.0 Å². The summed E-state index contributed by atoms with van der Waals surface area (Å²) in [5, 5.41) is 12.1. The average Bonchev–Trinajstić information content (AvgIpc) is 2.91. The second kappa shape index (κ2) is 8.32. The molecule has 4 heteroatoms. The lowest BCUT2D eigenvalue weighted by atomic mass is 9.93. The van der Waals surface area contributed by atoms with Crippen molar-refractivity contribution in [1.82, 2.24) is 9.97 Å². The normalized spacial score (nSPS) is 12.6. The van der Waals surface area contributed by atoms with Gasteiger partial charge in [0.1, 0.15) is 0 Å². The van der Waals surface area contributed by atoms with Crippen LogP contribution in [0.2, 0.25) is 0 Å². The van der Waals surface area contributed by atoms with E-state index in [0.29, 0.717) is 12.3 Å². The number of aromatic nitrogens is 2. The van der Waals surface area contributed by atoms with Crippen LogP contribution in [-0.2, 0) is 6.42 Å². The number of nitrogens with one attached hydrogen (secondary N) is 1. The molecule has 0 fully saturated rings. The smallest absolute Gasteiger partial charge is 0.0850 e. The molecule has 3 aromatic rings. The summed E-state index contributed by atoms with van der Waals surface area (Å²) in [4.78, 5) is 8.83. The third kappa shape index (κ3) is 4.63. The standard InChI is InChI=1S/C23H28N2OS/c1-14(2)21-22(20(26)13-18-6-8-24-9-7-18)17(5)25-23(21)27-19-11-15(3)10-16(4)12-19/h6-12,14,20,25-26H,13H2,1-5H3. The van der Waals surface area contributed by atoms with Gasteiger partial charge in [-0.25, -0.2) is 0 Å². The van der Waals surface area contributed by atoms with Crippen molar-refractivity contribution < 1.29 is 5.11 Å². The molecule has 0 amide bonds. The van der Waals surface area contributed by atoms with Crippen molar-refractivity contribution >= 4 is 11.8 Å². The summed E-state index contributed by atoms with van der Waals surface area (Å²) in [6.07, 6.45) is 3.61. The molecule has 0 aliphatic carbocycles. The van der Waals surface area contributed by atoms with E-state index < -0.39 is 6.10 Å². The predicted octanol–water partition coefficient (Wildman–Crippen LogP) is 5.89. The zero-order valence-electron chi connectivity index (χ0n) is 16.7. The van der Waals surface area contributed by atoms with Gasteiger partial charge >= 0.3 is 0 Å². The monoisotopic (exact) mass is 380 g/mol. The number of aromatic amines is 1. The minimum Gasteiger partial charge on any atom is -0.388 e. The minimum atomic E-state index is -0.533. The van der Waals surface area contributed by atoms with Crippen molar-refractivity contribution in [1.29, 1.82) is 0 Å². The molecule has 1 atom stereocenters. The number of aliphatic hydroxyl groups is 1. The van der Waals surface area contributed by atoms with Crippen molar-refractivity contribution in [3.63, 3.8) is 0 Å². The summed E-state index contributed by atoms with van der Waals surface area (Å²) in [7, 11) is 0. The number of aryl methyl sites for hydroxylation is 3. The highest BCUT2D eigenvalue weighted by atomic mass is 32.2. The van der Waals surface area contributed by atoms with E-state index in [4.69, 9.17) is 0 Å². The highest BCUT2D eigenvalue weighted by Gasteiger charge is 2.24. The van der Waals surface area contributed by atoms with Gasteiger partial charge < -0.3 is 10.1 Å².